The third kappa shape index (κ3) is 5.90. The molecule has 0 aromatic rings. The molecule has 0 saturated carbocycles. The lowest BCUT2D eigenvalue weighted by atomic mass is 9.72. The van der Waals surface area contributed by atoms with Crippen molar-refractivity contribution in [1.29, 1.82) is 0 Å². The molecular weight excluding hydrogens is 340 g/mol. The zero-order valence-electron chi connectivity index (χ0n) is 19.4. The number of nitrogens with zero attached hydrogens (tertiary/aromatic N) is 2. The van der Waals surface area contributed by atoms with E-state index in [4.69, 9.17) is 0 Å². The van der Waals surface area contributed by atoms with Crippen LogP contribution in [0.2, 0.25) is 0 Å². The van der Waals surface area contributed by atoms with Crippen LogP contribution in [0.15, 0.2) is 56.8 Å². The Labute approximate surface area is 173 Å². The fourth-order valence-corrected chi connectivity index (χ4v) is 4.65. The molecule has 0 aromatic heterocycles. The van der Waals surface area contributed by atoms with Crippen molar-refractivity contribution in [2.75, 3.05) is 0 Å². The highest BCUT2D eigenvalue weighted by atomic mass is 15.2. The number of hydrogen-bond donors (Lipinski definition) is 0. The average molecular weight is 381 g/mol. The Morgan fingerprint density at radius 3 is 1.39 bits per heavy atom. The van der Waals surface area contributed by atoms with Gasteiger partial charge in [0.1, 0.15) is 0 Å². The lowest BCUT2D eigenvalue weighted by Crippen LogP contribution is -2.19. The van der Waals surface area contributed by atoms with Gasteiger partial charge in [0.25, 0.3) is 0 Å². The van der Waals surface area contributed by atoms with Crippen LogP contribution in [-0.2, 0) is 0 Å². The van der Waals surface area contributed by atoms with Crippen LogP contribution >= 0.6 is 0 Å². The highest BCUT2D eigenvalue weighted by Crippen LogP contribution is 2.41. The standard InChI is InChI=1S/C26H40N2/c1-19-11-9-17-25(5,6)23(19)15-13-21(3)27-28-22(4)14-16-24-20(2)12-10-18-26(24,7)8/h13-16H,9-12,17-18H2,1-8H3. The molecule has 0 N–H and O–H groups in total. The molecule has 2 rings (SSSR count). The van der Waals surface area contributed by atoms with E-state index in [9.17, 15) is 0 Å². The van der Waals surface area contributed by atoms with Crippen molar-refractivity contribution in [3.05, 3.63) is 46.6 Å². The molecule has 28 heavy (non-hydrogen) atoms. The monoisotopic (exact) mass is 380 g/mol. The van der Waals surface area contributed by atoms with Crippen LogP contribution < -0.4 is 0 Å². The maximum Gasteiger partial charge on any atom is 0.0599 e. The molecule has 0 saturated heterocycles. The van der Waals surface area contributed by atoms with Gasteiger partial charge in [-0.2, -0.15) is 10.2 Å². The van der Waals surface area contributed by atoms with Crippen molar-refractivity contribution in [1.82, 2.24) is 0 Å². The van der Waals surface area contributed by atoms with Crippen molar-refractivity contribution < 1.29 is 0 Å². The summed E-state index contributed by atoms with van der Waals surface area (Å²) in [5, 5.41) is 8.86. The maximum atomic E-state index is 4.43. The number of rotatable bonds is 5. The van der Waals surface area contributed by atoms with Gasteiger partial charge in [0.2, 0.25) is 0 Å². The summed E-state index contributed by atoms with van der Waals surface area (Å²) in [6.45, 7) is 18.0. The van der Waals surface area contributed by atoms with E-state index in [1.54, 1.807) is 0 Å². The van der Waals surface area contributed by atoms with Gasteiger partial charge in [0.05, 0.1) is 11.4 Å². The van der Waals surface area contributed by atoms with E-state index >= 15 is 0 Å². The molecule has 0 atom stereocenters. The van der Waals surface area contributed by atoms with E-state index in [1.165, 1.54) is 60.8 Å². The lowest BCUT2D eigenvalue weighted by molar-refractivity contribution is 0.376. The third-order valence-corrected chi connectivity index (χ3v) is 6.43. The van der Waals surface area contributed by atoms with E-state index in [1.807, 2.05) is 13.8 Å². The lowest BCUT2D eigenvalue weighted by Gasteiger charge is -2.32. The van der Waals surface area contributed by atoms with Gasteiger partial charge in [-0.1, -0.05) is 51.0 Å². The molecule has 2 heteroatoms. The first kappa shape index (κ1) is 22.6. The van der Waals surface area contributed by atoms with E-state index in [0.29, 0.717) is 0 Å². The average Bonchev–Trinajstić information content (AvgIpc) is 2.58. The van der Waals surface area contributed by atoms with Crippen LogP contribution in [0.25, 0.3) is 0 Å². The van der Waals surface area contributed by atoms with E-state index < -0.39 is 0 Å². The summed E-state index contributed by atoms with van der Waals surface area (Å²) < 4.78 is 0. The molecule has 0 unspecified atom stereocenters. The third-order valence-electron chi connectivity index (χ3n) is 6.43. The van der Waals surface area contributed by atoms with Crippen LogP contribution in [-0.4, -0.2) is 11.4 Å². The van der Waals surface area contributed by atoms with Crippen molar-refractivity contribution in [3.8, 4) is 0 Å². The van der Waals surface area contributed by atoms with Gasteiger partial charge < -0.3 is 0 Å². The molecule has 0 amide bonds. The topological polar surface area (TPSA) is 24.7 Å². The Morgan fingerprint density at radius 1 is 0.714 bits per heavy atom. The summed E-state index contributed by atoms with van der Waals surface area (Å²) in [7, 11) is 0. The second kappa shape index (κ2) is 9.20. The second-order valence-corrected chi connectivity index (χ2v) is 10.0. The molecular formula is C26H40N2. The minimum Gasteiger partial charge on any atom is -0.156 e. The highest BCUT2D eigenvalue weighted by molar-refractivity contribution is 5.96. The Morgan fingerprint density at radius 2 is 1.07 bits per heavy atom. The van der Waals surface area contributed by atoms with Crippen molar-refractivity contribution >= 4 is 11.4 Å². The minimum absolute atomic E-state index is 0.263. The predicted octanol–water partition coefficient (Wildman–Crippen LogP) is 7.99. The summed E-state index contributed by atoms with van der Waals surface area (Å²) in [6.07, 6.45) is 16.3. The summed E-state index contributed by atoms with van der Waals surface area (Å²) in [4.78, 5) is 0. The van der Waals surface area contributed by atoms with Gasteiger partial charge in [-0.3, -0.25) is 0 Å². The Kier molecular flexibility index (Phi) is 7.42. The molecule has 2 nitrogen and oxygen atoms in total. The number of hydrogen-bond acceptors (Lipinski definition) is 2. The van der Waals surface area contributed by atoms with Gasteiger partial charge >= 0.3 is 0 Å². The van der Waals surface area contributed by atoms with Gasteiger partial charge in [0.15, 0.2) is 0 Å². The van der Waals surface area contributed by atoms with Crippen molar-refractivity contribution in [3.63, 3.8) is 0 Å². The Hall–Kier alpha value is -1.70. The minimum atomic E-state index is 0.263. The SMILES string of the molecule is CC(C=CC1=C(C)CCCC1(C)C)=NN=C(C)C=CC1=C(C)CCCC1(C)C. The second-order valence-electron chi connectivity index (χ2n) is 10.0. The molecule has 0 heterocycles. The molecule has 0 aliphatic heterocycles. The van der Waals surface area contributed by atoms with Crippen LogP contribution in [0.3, 0.4) is 0 Å². The highest BCUT2D eigenvalue weighted by Gasteiger charge is 2.27. The molecule has 0 fully saturated rings. The first-order chi connectivity index (χ1) is 13.0. The van der Waals surface area contributed by atoms with E-state index in [-0.39, 0.29) is 10.8 Å². The summed E-state index contributed by atoms with van der Waals surface area (Å²) >= 11 is 0. The van der Waals surface area contributed by atoms with Crippen molar-refractivity contribution in [2.24, 2.45) is 21.0 Å². The molecule has 0 radical (unpaired) electrons. The predicted molar refractivity (Wildman–Crippen MR) is 125 cm³/mol. The molecule has 2 aliphatic rings. The summed E-state index contributed by atoms with van der Waals surface area (Å²) in [5.74, 6) is 0. The van der Waals surface area contributed by atoms with Gasteiger partial charge in [-0.15, -0.1) is 0 Å². The quantitative estimate of drug-likeness (QED) is 0.341. The molecule has 0 aromatic carbocycles. The summed E-state index contributed by atoms with van der Waals surface area (Å²) in [5.41, 5.74) is 8.39. The van der Waals surface area contributed by atoms with Crippen LogP contribution in [0.5, 0.6) is 0 Å². The van der Waals surface area contributed by atoms with Crippen LogP contribution in [0.1, 0.15) is 93.9 Å². The Bertz CT molecular complexity index is 698. The molecule has 2 aliphatic carbocycles. The van der Waals surface area contributed by atoms with Gasteiger partial charge in [0, 0.05) is 0 Å². The largest absolute Gasteiger partial charge is 0.156 e. The maximum absolute atomic E-state index is 4.43. The van der Waals surface area contributed by atoms with E-state index in [2.05, 4.69) is 76.0 Å². The summed E-state index contributed by atoms with van der Waals surface area (Å²) in [6, 6.07) is 0. The van der Waals surface area contributed by atoms with Crippen LogP contribution in [0, 0.1) is 10.8 Å². The smallest absolute Gasteiger partial charge is 0.0599 e. The first-order valence-corrected chi connectivity index (χ1v) is 10.9. The molecule has 0 spiro atoms. The zero-order valence-corrected chi connectivity index (χ0v) is 19.4. The fraction of sp³-hybridized carbons (Fsp3) is 0.615. The zero-order chi connectivity index (χ0) is 20.9. The number of allylic oxidation sites excluding steroid dienone is 8. The van der Waals surface area contributed by atoms with Gasteiger partial charge in [-0.05, 0) is 100 Å². The van der Waals surface area contributed by atoms with Gasteiger partial charge in [-0.25, -0.2) is 0 Å². The van der Waals surface area contributed by atoms with Crippen molar-refractivity contribution in [2.45, 2.75) is 93.9 Å². The van der Waals surface area contributed by atoms with Crippen LogP contribution in [0.4, 0.5) is 0 Å². The molecule has 0 bridgehead atoms. The first-order valence-electron chi connectivity index (χ1n) is 10.9. The Balaban J connectivity index is 2.10. The van der Waals surface area contributed by atoms with E-state index in [0.717, 1.165) is 11.4 Å². The fourth-order valence-electron chi connectivity index (χ4n) is 4.65. The molecule has 154 valence electrons. The normalized spacial score (nSPS) is 24.0.